The number of nitrogens with zero attached hydrogens (tertiary/aromatic N) is 3. The van der Waals surface area contributed by atoms with Gasteiger partial charge >= 0.3 is 6.18 Å². The van der Waals surface area contributed by atoms with Gasteiger partial charge in [-0.25, -0.2) is 0 Å². The molecule has 0 atom stereocenters. The van der Waals surface area contributed by atoms with Gasteiger partial charge in [0.15, 0.2) is 5.96 Å². The molecule has 1 aliphatic rings. The number of phenolic OH excluding ortho intramolecular Hbond substituents is 1. The Morgan fingerprint density at radius 1 is 1.21 bits per heavy atom. The molecule has 0 aromatic heterocycles. The molecular weight excluding hydrogens is 321 g/mol. The summed E-state index contributed by atoms with van der Waals surface area (Å²) in [6.07, 6.45) is -5.11. The first-order valence-electron chi connectivity index (χ1n) is 8.03. The third-order valence-electron chi connectivity index (χ3n) is 3.79. The fraction of sp³-hybridized carbons (Fsp3) is 0.562. The molecule has 1 aromatic carbocycles. The highest BCUT2D eigenvalue weighted by Gasteiger charge is 2.27. The van der Waals surface area contributed by atoms with Gasteiger partial charge in [0.2, 0.25) is 0 Å². The molecule has 1 aliphatic heterocycles. The fourth-order valence-electron chi connectivity index (χ4n) is 2.61. The highest BCUT2D eigenvalue weighted by atomic mass is 19.4. The van der Waals surface area contributed by atoms with Gasteiger partial charge in [0.25, 0.3) is 0 Å². The maximum absolute atomic E-state index is 12.3. The predicted molar refractivity (Wildman–Crippen MR) is 88.5 cm³/mol. The molecule has 1 aromatic rings. The number of piperazine rings is 1. The van der Waals surface area contributed by atoms with Gasteiger partial charge < -0.3 is 20.2 Å². The number of nitrogens with one attached hydrogen (secondary N) is 1. The van der Waals surface area contributed by atoms with Gasteiger partial charge in [-0.1, -0.05) is 12.1 Å². The van der Waals surface area contributed by atoms with Crippen molar-refractivity contribution in [3.8, 4) is 5.75 Å². The van der Waals surface area contributed by atoms with Crippen molar-refractivity contribution < 1.29 is 18.3 Å². The van der Waals surface area contributed by atoms with Crippen LogP contribution >= 0.6 is 0 Å². The van der Waals surface area contributed by atoms with E-state index >= 15 is 0 Å². The quantitative estimate of drug-likeness (QED) is 0.651. The lowest BCUT2D eigenvalue weighted by Crippen LogP contribution is -2.52. The Morgan fingerprint density at radius 3 is 2.46 bits per heavy atom. The molecule has 0 aliphatic carbocycles. The van der Waals surface area contributed by atoms with Crippen LogP contribution in [0.5, 0.6) is 5.75 Å². The van der Waals surface area contributed by atoms with E-state index in [2.05, 4.69) is 15.2 Å². The van der Waals surface area contributed by atoms with E-state index in [-0.39, 0.29) is 12.3 Å². The Balaban J connectivity index is 1.95. The predicted octanol–water partition coefficient (Wildman–Crippen LogP) is 2.43. The van der Waals surface area contributed by atoms with Gasteiger partial charge in [-0.2, -0.15) is 13.2 Å². The number of alkyl halides is 3. The van der Waals surface area contributed by atoms with Crippen LogP contribution in [0.25, 0.3) is 0 Å². The summed E-state index contributed by atoms with van der Waals surface area (Å²) >= 11 is 0. The first-order valence-corrected chi connectivity index (χ1v) is 8.03. The second kappa shape index (κ2) is 8.12. The van der Waals surface area contributed by atoms with Gasteiger partial charge in [-0.3, -0.25) is 4.99 Å². The first-order chi connectivity index (χ1) is 11.4. The summed E-state index contributed by atoms with van der Waals surface area (Å²) in [7, 11) is 0. The molecule has 0 bridgehead atoms. The molecule has 134 valence electrons. The van der Waals surface area contributed by atoms with Gasteiger partial charge in [0, 0.05) is 32.7 Å². The van der Waals surface area contributed by atoms with Gasteiger partial charge in [-0.15, -0.1) is 0 Å². The van der Waals surface area contributed by atoms with E-state index in [4.69, 9.17) is 0 Å². The lowest BCUT2D eigenvalue weighted by molar-refractivity contribution is -0.132. The number of hydrogen-bond donors (Lipinski definition) is 2. The minimum Gasteiger partial charge on any atom is -0.506 e. The smallest absolute Gasteiger partial charge is 0.390 e. The molecule has 8 heteroatoms. The van der Waals surface area contributed by atoms with E-state index in [9.17, 15) is 18.3 Å². The Morgan fingerprint density at radius 2 is 1.88 bits per heavy atom. The van der Waals surface area contributed by atoms with E-state index in [1.165, 1.54) is 0 Å². The monoisotopic (exact) mass is 344 g/mol. The van der Waals surface area contributed by atoms with Crippen molar-refractivity contribution in [1.29, 1.82) is 0 Å². The summed E-state index contributed by atoms with van der Waals surface area (Å²) in [6, 6.07) is 7.13. The van der Waals surface area contributed by atoms with Crippen LogP contribution in [-0.4, -0.2) is 61.4 Å². The molecule has 1 saturated heterocycles. The Hall–Kier alpha value is -2.12. The number of para-hydroxylation sites is 2. The molecular formula is C16H23F3N4O. The number of rotatable bonds is 4. The number of benzene rings is 1. The highest BCUT2D eigenvalue weighted by molar-refractivity contribution is 5.80. The Kier molecular flexibility index (Phi) is 6.16. The van der Waals surface area contributed by atoms with E-state index < -0.39 is 12.6 Å². The SMILES string of the molecule is CCNC(=NCCC(F)(F)F)N1CCN(c2ccccc2O)CC1. The number of phenols is 1. The number of anilines is 1. The van der Waals surface area contributed by atoms with Crippen molar-refractivity contribution >= 4 is 11.6 Å². The lowest BCUT2D eigenvalue weighted by atomic mass is 10.2. The molecule has 0 spiro atoms. The van der Waals surface area contributed by atoms with E-state index in [1.54, 1.807) is 12.1 Å². The van der Waals surface area contributed by atoms with Gasteiger partial charge in [0.05, 0.1) is 18.7 Å². The van der Waals surface area contributed by atoms with Crippen LogP contribution in [0.15, 0.2) is 29.3 Å². The summed E-state index contributed by atoms with van der Waals surface area (Å²) in [4.78, 5) is 8.10. The largest absolute Gasteiger partial charge is 0.506 e. The lowest BCUT2D eigenvalue weighted by Gasteiger charge is -2.37. The van der Waals surface area contributed by atoms with Crippen LogP contribution in [-0.2, 0) is 0 Å². The summed E-state index contributed by atoms with van der Waals surface area (Å²) < 4.78 is 36.8. The van der Waals surface area contributed by atoms with Crippen LogP contribution < -0.4 is 10.2 Å². The number of aromatic hydroxyl groups is 1. The maximum Gasteiger partial charge on any atom is 0.390 e. The molecule has 1 heterocycles. The second-order valence-electron chi connectivity index (χ2n) is 5.56. The average Bonchev–Trinajstić information content (AvgIpc) is 2.54. The summed E-state index contributed by atoms with van der Waals surface area (Å²) in [6.45, 7) is 4.81. The van der Waals surface area contributed by atoms with Gasteiger partial charge in [0.1, 0.15) is 5.75 Å². The summed E-state index contributed by atoms with van der Waals surface area (Å²) in [5.74, 6) is 0.746. The minimum absolute atomic E-state index is 0.233. The highest BCUT2D eigenvalue weighted by Crippen LogP contribution is 2.27. The molecule has 0 unspecified atom stereocenters. The molecule has 2 N–H and O–H groups in total. The van der Waals surface area contributed by atoms with Crippen molar-refractivity contribution in [2.24, 2.45) is 4.99 Å². The third-order valence-corrected chi connectivity index (χ3v) is 3.79. The van der Waals surface area contributed by atoms with Crippen LogP contribution in [0.4, 0.5) is 18.9 Å². The molecule has 2 rings (SSSR count). The normalized spacial score (nSPS) is 16.4. The topological polar surface area (TPSA) is 51.1 Å². The number of hydrogen-bond acceptors (Lipinski definition) is 3. The zero-order valence-electron chi connectivity index (χ0n) is 13.7. The van der Waals surface area contributed by atoms with E-state index in [1.807, 2.05) is 24.0 Å². The minimum atomic E-state index is -4.19. The average molecular weight is 344 g/mol. The fourth-order valence-corrected chi connectivity index (χ4v) is 2.61. The molecule has 0 saturated carbocycles. The molecule has 1 fully saturated rings. The Labute approximate surface area is 139 Å². The van der Waals surface area contributed by atoms with Crippen molar-refractivity contribution in [1.82, 2.24) is 10.2 Å². The molecule has 0 amide bonds. The van der Waals surface area contributed by atoms with Crippen molar-refractivity contribution in [2.75, 3.05) is 44.2 Å². The number of aliphatic imine (C=N–C) groups is 1. The van der Waals surface area contributed by atoms with Crippen molar-refractivity contribution in [3.63, 3.8) is 0 Å². The van der Waals surface area contributed by atoms with Crippen LogP contribution in [0, 0.1) is 0 Å². The van der Waals surface area contributed by atoms with Crippen molar-refractivity contribution in [3.05, 3.63) is 24.3 Å². The molecule has 0 radical (unpaired) electrons. The zero-order valence-corrected chi connectivity index (χ0v) is 13.7. The molecule has 24 heavy (non-hydrogen) atoms. The number of halogens is 3. The molecule has 5 nitrogen and oxygen atoms in total. The maximum atomic E-state index is 12.3. The third kappa shape index (κ3) is 5.21. The van der Waals surface area contributed by atoms with Gasteiger partial charge in [-0.05, 0) is 19.1 Å². The summed E-state index contributed by atoms with van der Waals surface area (Å²) in [5, 5.41) is 13.0. The van der Waals surface area contributed by atoms with Crippen LogP contribution in [0.2, 0.25) is 0 Å². The Bertz CT molecular complexity index is 554. The van der Waals surface area contributed by atoms with Crippen LogP contribution in [0.3, 0.4) is 0 Å². The van der Waals surface area contributed by atoms with Crippen molar-refractivity contribution in [2.45, 2.75) is 19.5 Å². The number of guanidine groups is 1. The van der Waals surface area contributed by atoms with E-state index in [0.29, 0.717) is 38.7 Å². The second-order valence-corrected chi connectivity index (χ2v) is 5.56. The first kappa shape index (κ1) is 18.2. The summed E-state index contributed by atoms with van der Waals surface area (Å²) in [5.41, 5.74) is 0.774. The standard InChI is InChI=1S/C16H23F3N4O/c1-2-20-15(21-8-7-16(17,18)19)23-11-9-22(10-12-23)13-5-3-4-6-14(13)24/h3-6,24H,2,7-12H2,1H3,(H,20,21). The van der Waals surface area contributed by atoms with Crippen LogP contribution in [0.1, 0.15) is 13.3 Å². The van der Waals surface area contributed by atoms with E-state index in [0.717, 1.165) is 5.69 Å². The zero-order chi connectivity index (χ0) is 17.6.